The van der Waals surface area contributed by atoms with Gasteiger partial charge in [0, 0.05) is 0 Å². The number of rotatable bonds is 0. The molecular weight excluding hydrogens is 345 g/mol. The van der Waals surface area contributed by atoms with Crippen molar-refractivity contribution in [3.05, 3.63) is 64.5 Å². The molecule has 7 heteroatoms. The van der Waals surface area contributed by atoms with E-state index in [1.807, 2.05) is 12.1 Å². The van der Waals surface area contributed by atoms with E-state index in [0.29, 0.717) is 18.4 Å². The second-order valence-corrected chi connectivity index (χ2v) is 6.64. The van der Waals surface area contributed by atoms with Crippen LogP contribution in [-0.2, 0) is 22.8 Å². The lowest BCUT2D eigenvalue weighted by Crippen LogP contribution is -2.53. The molecule has 1 aromatic carbocycles. The number of pyridine rings is 1. The van der Waals surface area contributed by atoms with Gasteiger partial charge in [0.2, 0.25) is 5.91 Å². The summed E-state index contributed by atoms with van der Waals surface area (Å²) in [5, 5.41) is 2.32. The largest absolute Gasteiger partial charge is 0.433 e. The van der Waals surface area contributed by atoms with E-state index in [9.17, 15) is 22.8 Å². The molecule has 1 unspecified atom stereocenters. The van der Waals surface area contributed by atoms with Gasteiger partial charge in [0.05, 0.1) is 11.3 Å². The minimum absolute atomic E-state index is 0.0225. The highest BCUT2D eigenvalue weighted by Gasteiger charge is 2.51. The Morgan fingerprint density at radius 3 is 2.58 bits per heavy atom. The van der Waals surface area contributed by atoms with Crippen LogP contribution in [0.5, 0.6) is 0 Å². The zero-order valence-corrected chi connectivity index (χ0v) is 13.7. The maximum absolute atomic E-state index is 13.2. The van der Waals surface area contributed by atoms with E-state index >= 15 is 0 Å². The van der Waals surface area contributed by atoms with Crippen molar-refractivity contribution in [3.63, 3.8) is 0 Å². The van der Waals surface area contributed by atoms with Crippen LogP contribution in [0, 0.1) is 0 Å². The molecule has 0 radical (unpaired) electrons. The Bertz CT molecular complexity index is 923. The van der Waals surface area contributed by atoms with Gasteiger partial charge >= 0.3 is 6.18 Å². The van der Waals surface area contributed by atoms with Crippen molar-refractivity contribution in [1.29, 1.82) is 0 Å². The molecule has 26 heavy (non-hydrogen) atoms. The summed E-state index contributed by atoms with van der Waals surface area (Å²) in [6.07, 6.45) is -2.16. The lowest BCUT2D eigenvalue weighted by Gasteiger charge is -2.37. The Hall–Kier alpha value is -2.70. The fourth-order valence-electron chi connectivity index (χ4n) is 3.99. The number of hydrogen-bond donors (Lipinski definition) is 1. The van der Waals surface area contributed by atoms with Gasteiger partial charge in [-0.3, -0.25) is 14.9 Å². The van der Waals surface area contributed by atoms with Crippen LogP contribution in [0.15, 0.2) is 36.4 Å². The first-order valence-electron chi connectivity index (χ1n) is 8.37. The molecule has 2 amide bonds. The Labute approximate surface area is 147 Å². The number of amides is 2. The van der Waals surface area contributed by atoms with Crippen LogP contribution < -0.4 is 5.32 Å². The van der Waals surface area contributed by atoms with Crippen LogP contribution in [0.4, 0.5) is 13.2 Å². The second kappa shape index (κ2) is 5.65. The fraction of sp³-hybridized carbons (Fsp3) is 0.316. The van der Waals surface area contributed by atoms with E-state index in [1.165, 1.54) is 0 Å². The number of imide groups is 1. The predicted octanol–water partition coefficient (Wildman–Crippen LogP) is 3.38. The molecule has 0 saturated carbocycles. The summed E-state index contributed by atoms with van der Waals surface area (Å²) in [6.45, 7) is 0. The molecule has 4 nitrogen and oxygen atoms in total. The van der Waals surface area contributed by atoms with E-state index in [4.69, 9.17) is 0 Å². The lowest BCUT2D eigenvalue weighted by atomic mass is 9.69. The van der Waals surface area contributed by atoms with Gasteiger partial charge in [-0.15, -0.1) is 0 Å². The number of nitrogens with zero attached hydrogens (tertiary/aromatic N) is 1. The van der Waals surface area contributed by atoms with Crippen molar-refractivity contribution in [2.75, 3.05) is 0 Å². The number of carbonyl (C=O) groups excluding carboxylic acids is 2. The summed E-state index contributed by atoms with van der Waals surface area (Å²) < 4.78 is 39.7. The maximum atomic E-state index is 13.2. The first kappa shape index (κ1) is 16.8. The molecule has 0 saturated heterocycles. The third-order valence-electron chi connectivity index (χ3n) is 5.17. The zero-order valence-electron chi connectivity index (χ0n) is 13.7. The van der Waals surface area contributed by atoms with E-state index in [2.05, 4.69) is 10.3 Å². The number of nitrogens with one attached hydrogen (secondary N) is 1. The average molecular weight is 360 g/mol. The number of alkyl halides is 3. The summed E-state index contributed by atoms with van der Waals surface area (Å²) in [7, 11) is 0. The molecule has 1 spiro atoms. The van der Waals surface area contributed by atoms with Gasteiger partial charge in [0.1, 0.15) is 11.1 Å². The summed E-state index contributed by atoms with van der Waals surface area (Å²) in [4.78, 5) is 29.0. The van der Waals surface area contributed by atoms with E-state index in [-0.39, 0.29) is 11.3 Å². The molecule has 1 N–H and O–H groups in total. The molecule has 2 heterocycles. The summed E-state index contributed by atoms with van der Waals surface area (Å²) in [5.74, 6) is -1.31. The zero-order chi connectivity index (χ0) is 18.5. The highest BCUT2D eigenvalue weighted by molar-refractivity contribution is 6.14. The molecule has 2 aliphatic rings. The Balaban J connectivity index is 2.06. The normalized spacial score (nSPS) is 22.4. The summed E-state index contributed by atoms with van der Waals surface area (Å²) in [6, 6.07) is 9.11. The summed E-state index contributed by atoms with van der Waals surface area (Å²) in [5.41, 5.74) is -1.00. The molecule has 4 rings (SSSR count). The molecule has 1 aromatic heterocycles. The Morgan fingerprint density at radius 2 is 1.81 bits per heavy atom. The molecule has 0 bridgehead atoms. The topological polar surface area (TPSA) is 59.1 Å². The number of halogens is 3. The third kappa shape index (κ3) is 2.34. The van der Waals surface area contributed by atoms with Crippen molar-refractivity contribution in [1.82, 2.24) is 10.3 Å². The third-order valence-corrected chi connectivity index (χ3v) is 5.17. The molecule has 2 aromatic rings. The van der Waals surface area contributed by atoms with E-state index < -0.39 is 29.1 Å². The molecule has 134 valence electrons. The highest BCUT2D eigenvalue weighted by atomic mass is 19.4. The van der Waals surface area contributed by atoms with Crippen molar-refractivity contribution >= 4 is 11.8 Å². The highest BCUT2D eigenvalue weighted by Crippen LogP contribution is 2.45. The number of carbonyl (C=O) groups is 2. The van der Waals surface area contributed by atoms with Crippen LogP contribution in [0.25, 0.3) is 0 Å². The fourth-order valence-corrected chi connectivity index (χ4v) is 3.99. The molecule has 0 fully saturated rings. The van der Waals surface area contributed by atoms with Gasteiger partial charge in [-0.1, -0.05) is 30.7 Å². The molecular formula is C19H15F3N2O2. The van der Waals surface area contributed by atoms with Crippen LogP contribution in [0.3, 0.4) is 0 Å². The molecule has 1 atom stereocenters. The van der Waals surface area contributed by atoms with Crippen LogP contribution in [0.1, 0.15) is 52.1 Å². The van der Waals surface area contributed by atoms with Gasteiger partial charge in [0.25, 0.3) is 5.91 Å². The SMILES string of the molecule is O=C1NC(=O)C2(CCCCc3ccccc32)c2nc(C(F)(F)F)ccc21. The average Bonchev–Trinajstić information content (AvgIpc) is 2.80. The van der Waals surface area contributed by atoms with E-state index in [0.717, 1.165) is 30.5 Å². The number of hydrogen-bond acceptors (Lipinski definition) is 3. The van der Waals surface area contributed by atoms with Crippen LogP contribution >= 0.6 is 0 Å². The van der Waals surface area contributed by atoms with Crippen molar-refractivity contribution in [2.45, 2.75) is 37.3 Å². The predicted molar refractivity (Wildman–Crippen MR) is 86.5 cm³/mol. The van der Waals surface area contributed by atoms with Crippen LogP contribution in [0.2, 0.25) is 0 Å². The van der Waals surface area contributed by atoms with Gasteiger partial charge in [-0.2, -0.15) is 13.2 Å². The van der Waals surface area contributed by atoms with Crippen molar-refractivity contribution in [2.24, 2.45) is 0 Å². The van der Waals surface area contributed by atoms with Gasteiger partial charge in [-0.05, 0) is 42.5 Å². The Kier molecular flexibility index (Phi) is 3.64. The lowest BCUT2D eigenvalue weighted by molar-refractivity contribution is -0.141. The molecule has 1 aliphatic carbocycles. The number of benzene rings is 1. The number of aromatic nitrogens is 1. The number of aryl methyl sites for hydroxylation is 1. The van der Waals surface area contributed by atoms with Gasteiger partial charge in [-0.25, -0.2) is 4.98 Å². The number of fused-ring (bicyclic) bond motifs is 4. The maximum Gasteiger partial charge on any atom is 0.433 e. The van der Waals surface area contributed by atoms with E-state index in [1.54, 1.807) is 12.1 Å². The smallest absolute Gasteiger partial charge is 0.291 e. The minimum atomic E-state index is -4.66. The van der Waals surface area contributed by atoms with Crippen LogP contribution in [-0.4, -0.2) is 16.8 Å². The minimum Gasteiger partial charge on any atom is -0.291 e. The molecule has 1 aliphatic heterocycles. The standard InChI is InChI=1S/C19H15F3N2O2/c20-19(21,22)14-9-8-12-15(23-14)18(17(26)24-16(12)25)10-4-3-6-11-5-1-2-7-13(11)18/h1-2,5,7-9H,3-4,6,10H2,(H,24,25,26). The monoisotopic (exact) mass is 360 g/mol. The van der Waals surface area contributed by atoms with Crippen molar-refractivity contribution < 1.29 is 22.8 Å². The van der Waals surface area contributed by atoms with Crippen molar-refractivity contribution in [3.8, 4) is 0 Å². The Morgan fingerprint density at radius 1 is 1.04 bits per heavy atom. The van der Waals surface area contributed by atoms with Gasteiger partial charge in [0.15, 0.2) is 0 Å². The quantitative estimate of drug-likeness (QED) is 0.733. The van der Waals surface area contributed by atoms with Gasteiger partial charge < -0.3 is 0 Å². The first-order valence-corrected chi connectivity index (χ1v) is 8.37. The second-order valence-electron chi connectivity index (χ2n) is 6.64. The first-order chi connectivity index (χ1) is 12.3. The summed E-state index contributed by atoms with van der Waals surface area (Å²) >= 11 is 0.